The lowest BCUT2D eigenvalue weighted by atomic mass is 10.1. The van der Waals surface area contributed by atoms with Crippen LogP contribution in [0.25, 0.3) is 0 Å². The van der Waals surface area contributed by atoms with Gasteiger partial charge in [-0.25, -0.2) is 4.39 Å². The number of Topliss-reactive ketones (excluding diaryl/α,β-unsaturated/α-hetero) is 1. The highest BCUT2D eigenvalue weighted by molar-refractivity contribution is 5.96. The fraction of sp³-hybridized carbons (Fsp3) is 0.350. The number of benzene rings is 2. The molecule has 1 aliphatic rings. The van der Waals surface area contributed by atoms with E-state index in [1.165, 1.54) is 17.7 Å². The third-order valence-electron chi connectivity index (χ3n) is 4.54. The van der Waals surface area contributed by atoms with E-state index in [1.54, 1.807) is 12.1 Å². The zero-order chi connectivity index (χ0) is 16.8. The SMILES string of the molecule is Cl.Cl.O=C(CCN1CCN(Cc2ccccc2)CC1)c1ccc(F)cc1. The molecule has 3 nitrogen and oxygen atoms in total. The number of hydrogen-bond acceptors (Lipinski definition) is 3. The van der Waals surface area contributed by atoms with E-state index in [-0.39, 0.29) is 36.4 Å². The van der Waals surface area contributed by atoms with Gasteiger partial charge in [0.1, 0.15) is 5.82 Å². The maximum Gasteiger partial charge on any atom is 0.164 e. The molecular formula is C20H25Cl2FN2O. The van der Waals surface area contributed by atoms with E-state index in [2.05, 4.69) is 34.1 Å². The van der Waals surface area contributed by atoms with Crippen molar-refractivity contribution in [3.63, 3.8) is 0 Å². The lowest BCUT2D eigenvalue weighted by Crippen LogP contribution is -2.46. The fourth-order valence-electron chi connectivity index (χ4n) is 3.05. The van der Waals surface area contributed by atoms with Crippen molar-refractivity contribution in [1.82, 2.24) is 9.80 Å². The van der Waals surface area contributed by atoms with E-state index in [0.29, 0.717) is 12.0 Å². The van der Waals surface area contributed by atoms with Gasteiger partial charge in [-0.2, -0.15) is 0 Å². The third kappa shape index (κ3) is 6.69. The standard InChI is InChI=1S/C20H23FN2O.2ClH/c21-19-8-6-18(7-9-19)20(24)10-11-22-12-14-23(15-13-22)16-17-4-2-1-3-5-17;;/h1-9H,10-16H2;2*1H. The molecule has 3 rings (SSSR count). The first-order valence-electron chi connectivity index (χ1n) is 8.48. The molecule has 26 heavy (non-hydrogen) atoms. The summed E-state index contributed by atoms with van der Waals surface area (Å²) in [5, 5.41) is 0. The predicted octanol–water partition coefficient (Wildman–Crippen LogP) is 4.06. The molecule has 0 aliphatic carbocycles. The minimum absolute atomic E-state index is 0. The molecular weight excluding hydrogens is 374 g/mol. The van der Waals surface area contributed by atoms with Crippen LogP contribution in [0.3, 0.4) is 0 Å². The molecule has 0 atom stereocenters. The van der Waals surface area contributed by atoms with Crippen molar-refractivity contribution >= 4 is 30.6 Å². The van der Waals surface area contributed by atoms with E-state index < -0.39 is 0 Å². The van der Waals surface area contributed by atoms with Gasteiger partial charge in [-0.1, -0.05) is 30.3 Å². The van der Waals surface area contributed by atoms with E-state index in [9.17, 15) is 9.18 Å². The monoisotopic (exact) mass is 398 g/mol. The summed E-state index contributed by atoms with van der Waals surface area (Å²) in [4.78, 5) is 16.9. The second-order valence-corrected chi connectivity index (χ2v) is 6.28. The minimum atomic E-state index is -0.305. The first-order chi connectivity index (χ1) is 11.7. The molecule has 2 aromatic rings. The summed E-state index contributed by atoms with van der Waals surface area (Å²) in [6.07, 6.45) is 0.490. The Morgan fingerprint density at radius 1 is 0.846 bits per heavy atom. The molecule has 6 heteroatoms. The van der Waals surface area contributed by atoms with Gasteiger partial charge < -0.3 is 4.90 Å². The molecule has 0 unspecified atom stereocenters. The van der Waals surface area contributed by atoms with Crippen LogP contribution in [0.5, 0.6) is 0 Å². The van der Waals surface area contributed by atoms with Gasteiger partial charge in [-0.3, -0.25) is 9.69 Å². The Balaban J connectivity index is 0.00000169. The van der Waals surface area contributed by atoms with Crippen LogP contribution in [-0.4, -0.2) is 48.3 Å². The van der Waals surface area contributed by atoms with Gasteiger partial charge in [-0.15, -0.1) is 24.8 Å². The summed E-state index contributed by atoms with van der Waals surface area (Å²) in [5.41, 5.74) is 1.94. The quantitative estimate of drug-likeness (QED) is 0.685. The lowest BCUT2D eigenvalue weighted by molar-refractivity contribution is 0.0922. The average molecular weight is 399 g/mol. The minimum Gasteiger partial charge on any atom is -0.300 e. The van der Waals surface area contributed by atoms with Crippen LogP contribution >= 0.6 is 24.8 Å². The van der Waals surface area contributed by atoms with Crippen molar-refractivity contribution in [3.05, 3.63) is 71.5 Å². The van der Waals surface area contributed by atoms with Crippen LogP contribution in [0.15, 0.2) is 54.6 Å². The Morgan fingerprint density at radius 2 is 1.42 bits per heavy atom. The van der Waals surface area contributed by atoms with Crippen LogP contribution in [0.2, 0.25) is 0 Å². The second kappa shape index (κ2) is 11.3. The number of rotatable bonds is 6. The third-order valence-corrected chi connectivity index (χ3v) is 4.54. The molecule has 0 bridgehead atoms. The summed E-state index contributed by atoms with van der Waals surface area (Å²) in [5.74, 6) is -0.220. The highest BCUT2D eigenvalue weighted by Crippen LogP contribution is 2.10. The summed E-state index contributed by atoms with van der Waals surface area (Å²) in [6.45, 7) is 5.80. The predicted molar refractivity (Wildman–Crippen MR) is 108 cm³/mol. The number of nitrogens with zero attached hydrogens (tertiary/aromatic N) is 2. The first-order valence-corrected chi connectivity index (χ1v) is 8.48. The molecule has 1 heterocycles. The van der Waals surface area contributed by atoms with Crippen molar-refractivity contribution < 1.29 is 9.18 Å². The van der Waals surface area contributed by atoms with E-state index >= 15 is 0 Å². The van der Waals surface area contributed by atoms with Gasteiger partial charge in [0, 0.05) is 51.3 Å². The summed E-state index contributed by atoms with van der Waals surface area (Å²) < 4.78 is 12.9. The van der Waals surface area contributed by atoms with Gasteiger partial charge >= 0.3 is 0 Å². The Kier molecular flexibility index (Phi) is 9.81. The average Bonchev–Trinajstić information content (AvgIpc) is 2.62. The lowest BCUT2D eigenvalue weighted by Gasteiger charge is -2.34. The molecule has 0 aromatic heterocycles. The number of carbonyl (C=O) groups is 1. The number of ketones is 1. The van der Waals surface area contributed by atoms with Crippen LogP contribution < -0.4 is 0 Å². The molecule has 1 aliphatic heterocycles. The van der Waals surface area contributed by atoms with Crippen LogP contribution in [0, 0.1) is 5.82 Å². The molecule has 0 N–H and O–H groups in total. The van der Waals surface area contributed by atoms with Crippen molar-refractivity contribution in [2.24, 2.45) is 0 Å². The molecule has 0 spiro atoms. The Labute approximate surface area is 167 Å². The van der Waals surface area contributed by atoms with Gasteiger partial charge in [0.15, 0.2) is 5.78 Å². The van der Waals surface area contributed by atoms with Crippen molar-refractivity contribution in [1.29, 1.82) is 0 Å². The Bertz CT molecular complexity index is 659. The van der Waals surface area contributed by atoms with Gasteiger partial charge in [0.2, 0.25) is 0 Å². The number of piperazine rings is 1. The molecule has 142 valence electrons. The van der Waals surface area contributed by atoms with Gasteiger partial charge in [0.25, 0.3) is 0 Å². The van der Waals surface area contributed by atoms with Crippen LogP contribution in [0.1, 0.15) is 22.3 Å². The van der Waals surface area contributed by atoms with E-state index in [1.807, 2.05) is 6.07 Å². The van der Waals surface area contributed by atoms with Gasteiger partial charge in [0.05, 0.1) is 0 Å². The zero-order valence-corrected chi connectivity index (χ0v) is 16.3. The molecule has 1 fully saturated rings. The van der Waals surface area contributed by atoms with Crippen molar-refractivity contribution in [3.8, 4) is 0 Å². The summed E-state index contributed by atoms with van der Waals surface area (Å²) >= 11 is 0. The maximum absolute atomic E-state index is 12.9. The van der Waals surface area contributed by atoms with Crippen molar-refractivity contribution in [2.45, 2.75) is 13.0 Å². The number of carbonyl (C=O) groups excluding carboxylic acids is 1. The largest absolute Gasteiger partial charge is 0.300 e. The highest BCUT2D eigenvalue weighted by Gasteiger charge is 2.17. The van der Waals surface area contributed by atoms with Crippen LogP contribution in [0.4, 0.5) is 4.39 Å². The zero-order valence-electron chi connectivity index (χ0n) is 14.6. The first kappa shape index (κ1) is 22.6. The molecule has 0 saturated carbocycles. The fourth-order valence-corrected chi connectivity index (χ4v) is 3.05. The summed E-state index contributed by atoms with van der Waals surface area (Å²) in [6, 6.07) is 16.3. The van der Waals surface area contributed by atoms with Crippen LogP contribution in [-0.2, 0) is 6.54 Å². The molecule has 1 saturated heterocycles. The Hall–Kier alpha value is -1.46. The van der Waals surface area contributed by atoms with E-state index in [0.717, 1.165) is 39.3 Å². The second-order valence-electron chi connectivity index (χ2n) is 6.28. The molecule has 0 radical (unpaired) electrons. The van der Waals surface area contributed by atoms with Gasteiger partial charge in [-0.05, 0) is 29.8 Å². The van der Waals surface area contributed by atoms with E-state index in [4.69, 9.17) is 0 Å². The normalized spacial score (nSPS) is 15.0. The molecule has 0 amide bonds. The number of halogens is 3. The smallest absolute Gasteiger partial charge is 0.164 e. The van der Waals surface area contributed by atoms with Crippen molar-refractivity contribution in [2.75, 3.05) is 32.7 Å². The maximum atomic E-state index is 12.9. The topological polar surface area (TPSA) is 23.6 Å². The Morgan fingerprint density at radius 3 is 2.04 bits per heavy atom. The summed E-state index contributed by atoms with van der Waals surface area (Å²) in [7, 11) is 0. The highest BCUT2D eigenvalue weighted by atomic mass is 35.5. The number of hydrogen-bond donors (Lipinski definition) is 0. The molecule has 2 aromatic carbocycles.